The molecule has 30 heavy (non-hydrogen) atoms. The van der Waals surface area contributed by atoms with Gasteiger partial charge in [0.2, 0.25) is 11.8 Å². The normalized spacial score (nSPS) is 11.2. The number of benzene rings is 2. The van der Waals surface area contributed by atoms with Crippen LogP contribution >= 0.6 is 0 Å². The number of hydrazine groups is 1. The van der Waals surface area contributed by atoms with E-state index in [-0.39, 0.29) is 30.5 Å². The summed E-state index contributed by atoms with van der Waals surface area (Å²) in [6.45, 7) is 7.77. The molecular formula is C24H33N3O3. The molecule has 6 heteroatoms. The average molecular weight is 412 g/mol. The summed E-state index contributed by atoms with van der Waals surface area (Å²) in [6.07, 6.45) is 1.86. The average Bonchev–Trinajstić information content (AvgIpc) is 2.65. The fraction of sp³-hybridized carbons (Fsp3) is 0.417. The third-order valence-corrected chi connectivity index (χ3v) is 5.12. The Morgan fingerprint density at radius 2 is 1.63 bits per heavy atom. The van der Waals surface area contributed by atoms with Crippen molar-refractivity contribution in [2.45, 2.75) is 58.9 Å². The van der Waals surface area contributed by atoms with Crippen molar-refractivity contribution >= 4 is 11.8 Å². The highest BCUT2D eigenvalue weighted by Gasteiger charge is 2.25. The van der Waals surface area contributed by atoms with Gasteiger partial charge < -0.3 is 10.4 Å². The molecule has 0 unspecified atom stereocenters. The highest BCUT2D eigenvalue weighted by Crippen LogP contribution is 2.22. The zero-order chi connectivity index (χ0) is 22.3. The molecule has 0 saturated heterocycles. The minimum atomic E-state index is -0.636. The van der Waals surface area contributed by atoms with Gasteiger partial charge in [-0.2, -0.15) is 0 Å². The van der Waals surface area contributed by atoms with Gasteiger partial charge in [-0.1, -0.05) is 30.3 Å². The number of aryl methyl sites for hydroxylation is 3. The Morgan fingerprint density at radius 3 is 2.23 bits per heavy atom. The number of hydrogen-bond acceptors (Lipinski definition) is 4. The zero-order valence-corrected chi connectivity index (χ0v) is 18.4. The lowest BCUT2D eigenvalue weighted by atomic mass is 9.97. The molecule has 0 bridgehead atoms. The van der Waals surface area contributed by atoms with Crippen molar-refractivity contribution in [1.82, 2.24) is 10.3 Å². The van der Waals surface area contributed by atoms with Crippen LogP contribution in [0.4, 0.5) is 0 Å². The van der Waals surface area contributed by atoms with Gasteiger partial charge in [-0.15, -0.1) is 0 Å². The SMILES string of the molecule is Cc1cc(O)cc(C)c1CCC(=O)N(N)CC(C)(C)NC(=O)CCc1ccccc1. The Hall–Kier alpha value is -2.86. The minimum Gasteiger partial charge on any atom is -0.508 e. The van der Waals surface area contributed by atoms with E-state index in [1.807, 2.05) is 58.0 Å². The van der Waals surface area contributed by atoms with Crippen LogP contribution in [-0.2, 0) is 22.4 Å². The Kier molecular flexibility index (Phi) is 8.00. The van der Waals surface area contributed by atoms with Crippen LogP contribution in [0.25, 0.3) is 0 Å². The predicted molar refractivity (Wildman–Crippen MR) is 119 cm³/mol. The molecule has 4 N–H and O–H groups in total. The van der Waals surface area contributed by atoms with Gasteiger partial charge >= 0.3 is 0 Å². The molecule has 0 aliphatic carbocycles. The summed E-state index contributed by atoms with van der Waals surface area (Å²) in [4.78, 5) is 24.8. The van der Waals surface area contributed by atoms with Gasteiger partial charge in [0.15, 0.2) is 0 Å². The van der Waals surface area contributed by atoms with E-state index < -0.39 is 5.54 Å². The van der Waals surface area contributed by atoms with Crippen LogP contribution in [0.1, 0.15) is 48.9 Å². The van der Waals surface area contributed by atoms with E-state index in [1.54, 1.807) is 12.1 Å². The number of rotatable bonds is 9. The predicted octanol–water partition coefficient (Wildman–Crippen LogP) is 3.17. The molecule has 6 nitrogen and oxygen atoms in total. The van der Waals surface area contributed by atoms with E-state index >= 15 is 0 Å². The summed E-state index contributed by atoms with van der Waals surface area (Å²) in [7, 11) is 0. The van der Waals surface area contributed by atoms with Crippen molar-refractivity contribution in [3.8, 4) is 5.75 Å². The number of phenolic OH excluding ortho intramolecular Hbond substituents is 1. The monoisotopic (exact) mass is 411 g/mol. The summed E-state index contributed by atoms with van der Waals surface area (Å²) in [5, 5.41) is 13.8. The van der Waals surface area contributed by atoms with Crippen molar-refractivity contribution < 1.29 is 14.7 Å². The highest BCUT2D eigenvalue weighted by molar-refractivity contribution is 5.78. The lowest BCUT2D eigenvalue weighted by Gasteiger charge is -2.31. The topological polar surface area (TPSA) is 95.7 Å². The minimum absolute atomic E-state index is 0.0694. The molecule has 0 fully saturated rings. The number of amides is 2. The summed E-state index contributed by atoms with van der Waals surface area (Å²) < 4.78 is 0. The molecule has 0 saturated carbocycles. The van der Waals surface area contributed by atoms with Crippen molar-refractivity contribution in [1.29, 1.82) is 0 Å². The fourth-order valence-corrected chi connectivity index (χ4v) is 3.64. The molecule has 2 rings (SSSR count). The van der Waals surface area contributed by atoms with Crippen molar-refractivity contribution in [3.05, 3.63) is 64.7 Å². The first kappa shape index (κ1) is 23.4. The number of aromatic hydroxyl groups is 1. The van der Waals surface area contributed by atoms with Gasteiger partial charge in [0.25, 0.3) is 0 Å². The van der Waals surface area contributed by atoms with Gasteiger partial charge in [-0.05, 0) is 74.9 Å². The Morgan fingerprint density at radius 1 is 1.03 bits per heavy atom. The number of hydrogen-bond donors (Lipinski definition) is 3. The lowest BCUT2D eigenvalue weighted by molar-refractivity contribution is -0.133. The first-order valence-corrected chi connectivity index (χ1v) is 10.3. The standard InChI is InChI=1S/C24H33N3O3/c1-17-14-20(28)15-18(2)21(17)11-13-23(30)27(25)16-24(3,4)26-22(29)12-10-19-8-6-5-7-9-19/h5-9,14-15,28H,10-13,16,25H2,1-4H3,(H,26,29). The van der Waals surface area contributed by atoms with Gasteiger partial charge in [-0.3, -0.25) is 14.6 Å². The summed E-state index contributed by atoms with van der Waals surface area (Å²) in [5.41, 5.74) is 3.43. The van der Waals surface area contributed by atoms with Crippen molar-refractivity contribution in [2.24, 2.45) is 5.84 Å². The van der Waals surface area contributed by atoms with E-state index in [0.29, 0.717) is 19.3 Å². The number of nitrogens with one attached hydrogen (secondary N) is 1. The first-order chi connectivity index (χ1) is 14.1. The van der Waals surface area contributed by atoms with Gasteiger partial charge in [0.1, 0.15) is 5.75 Å². The van der Waals surface area contributed by atoms with E-state index in [9.17, 15) is 14.7 Å². The number of nitrogens with zero attached hydrogens (tertiary/aromatic N) is 1. The summed E-state index contributed by atoms with van der Waals surface area (Å²) >= 11 is 0. The smallest absolute Gasteiger partial charge is 0.236 e. The second-order valence-corrected chi connectivity index (χ2v) is 8.50. The quantitative estimate of drug-likeness (QED) is 0.335. The zero-order valence-electron chi connectivity index (χ0n) is 18.4. The maximum atomic E-state index is 12.5. The number of carbonyl (C=O) groups is 2. The van der Waals surface area contributed by atoms with E-state index in [2.05, 4.69) is 5.32 Å². The van der Waals surface area contributed by atoms with Crippen LogP contribution in [0, 0.1) is 13.8 Å². The molecule has 0 spiro atoms. The second-order valence-electron chi connectivity index (χ2n) is 8.50. The largest absolute Gasteiger partial charge is 0.508 e. The molecule has 0 atom stereocenters. The Balaban J connectivity index is 1.83. The van der Waals surface area contributed by atoms with Crippen molar-refractivity contribution in [2.75, 3.05) is 6.54 Å². The Labute approximate surface area is 179 Å². The number of nitrogens with two attached hydrogens (primary N) is 1. The summed E-state index contributed by atoms with van der Waals surface area (Å²) in [6, 6.07) is 13.2. The molecule has 0 radical (unpaired) electrons. The highest BCUT2D eigenvalue weighted by atomic mass is 16.3. The third kappa shape index (κ3) is 7.19. The lowest BCUT2D eigenvalue weighted by Crippen LogP contribution is -2.55. The van der Waals surface area contributed by atoms with Gasteiger partial charge in [-0.25, -0.2) is 5.84 Å². The van der Waals surface area contributed by atoms with Crippen molar-refractivity contribution in [3.63, 3.8) is 0 Å². The number of carbonyl (C=O) groups excluding carboxylic acids is 2. The van der Waals surface area contributed by atoms with Crippen LogP contribution < -0.4 is 11.2 Å². The Bertz CT molecular complexity index is 856. The molecule has 2 aromatic rings. The van der Waals surface area contributed by atoms with Crippen LogP contribution in [0.5, 0.6) is 5.75 Å². The van der Waals surface area contributed by atoms with Gasteiger partial charge in [0.05, 0.1) is 12.1 Å². The van der Waals surface area contributed by atoms with Crippen LogP contribution in [-0.4, -0.2) is 34.0 Å². The molecule has 0 aliphatic rings. The molecule has 0 heterocycles. The van der Waals surface area contributed by atoms with E-state index in [0.717, 1.165) is 22.3 Å². The maximum absolute atomic E-state index is 12.5. The second kappa shape index (κ2) is 10.3. The van der Waals surface area contributed by atoms with Crippen LogP contribution in [0.2, 0.25) is 0 Å². The fourth-order valence-electron chi connectivity index (χ4n) is 3.64. The van der Waals surface area contributed by atoms with Gasteiger partial charge in [0, 0.05) is 12.8 Å². The van der Waals surface area contributed by atoms with E-state index in [1.165, 1.54) is 5.01 Å². The maximum Gasteiger partial charge on any atom is 0.236 e. The molecule has 0 aliphatic heterocycles. The molecule has 0 aromatic heterocycles. The third-order valence-electron chi connectivity index (χ3n) is 5.12. The molecule has 2 aromatic carbocycles. The van der Waals surface area contributed by atoms with E-state index in [4.69, 9.17) is 5.84 Å². The first-order valence-electron chi connectivity index (χ1n) is 10.3. The molecule has 162 valence electrons. The van der Waals surface area contributed by atoms with Crippen LogP contribution in [0.3, 0.4) is 0 Å². The molecule has 2 amide bonds. The number of phenols is 1. The molecular weight excluding hydrogens is 378 g/mol. The van der Waals surface area contributed by atoms with Crippen LogP contribution in [0.15, 0.2) is 42.5 Å². The summed E-state index contributed by atoms with van der Waals surface area (Å²) in [5.74, 6) is 5.97.